The molecule has 156 valence electrons. The number of hydrogen-bond acceptors (Lipinski definition) is 2. The van der Waals surface area contributed by atoms with Crippen molar-refractivity contribution in [2.45, 2.75) is 110 Å². The molecule has 0 aliphatic carbocycles. The number of hydrogen-bond donors (Lipinski definition) is 0. The van der Waals surface area contributed by atoms with E-state index in [1.54, 1.807) is 11.8 Å². The van der Waals surface area contributed by atoms with Crippen LogP contribution in [-0.2, 0) is 4.79 Å². The van der Waals surface area contributed by atoms with Crippen molar-refractivity contribution in [2.24, 2.45) is 0 Å². The van der Waals surface area contributed by atoms with Gasteiger partial charge in [0, 0.05) is 27.1 Å². The largest absolute Gasteiger partial charge is 0.345 e. The average molecular weight is 369 g/mol. The predicted octanol–water partition coefficient (Wildman–Crippen LogP) is 6.27. The van der Waals surface area contributed by atoms with E-state index in [1.807, 2.05) is 7.05 Å². The van der Waals surface area contributed by atoms with E-state index < -0.39 is 0 Å². The SMILES string of the molecule is CCCCCCCCCCCCCCCCCN(C)CCN(C)C(C)=O. The molecule has 0 bridgehead atoms. The van der Waals surface area contributed by atoms with Crippen LogP contribution in [0, 0.1) is 0 Å². The predicted molar refractivity (Wildman–Crippen MR) is 116 cm³/mol. The monoisotopic (exact) mass is 368 g/mol. The molecule has 0 heterocycles. The van der Waals surface area contributed by atoms with Crippen LogP contribution in [0.5, 0.6) is 0 Å². The van der Waals surface area contributed by atoms with E-state index in [4.69, 9.17) is 0 Å². The smallest absolute Gasteiger partial charge is 0.219 e. The summed E-state index contributed by atoms with van der Waals surface area (Å²) >= 11 is 0. The number of unbranched alkanes of at least 4 members (excludes halogenated alkanes) is 14. The summed E-state index contributed by atoms with van der Waals surface area (Å²) in [6.07, 6.45) is 21.3. The maximum absolute atomic E-state index is 11.2. The minimum Gasteiger partial charge on any atom is -0.345 e. The summed E-state index contributed by atoms with van der Waals surface area (Å²) in [5, 5.41) is 0. The lowest BCUT2D eigenvalue weighted by molar-refractivity contribution is -0.127. The Morgan fingerprint density at radius 2 is 0.962 bits per heavy atom. The Bertz CT molecular complexity index is 307. The third-order valence-corrected chi connectivity index (χ3v) is 5.50. The van der Waals surface area contributed by atoms with Crippen molar-refractivity contribution in [1.82, 2.24) is 9.80 Å². The fourth-order valence-corrected chi connectivity index (χ4v) is 3.34. The normalized spacial score (nSPS) is 11.3. The molecule has 0 spiro atoms. The topological polar surface area (TPSA) is 23.6 Å². The van der Waals surface area contributed by atoms with E-state index in [1.165, 1.54) is 96.3 Å². The Balaban J connectivity index is 3.18. The zero-order valence-electron chi connectivity index (χ0n) is 18.5. The molecule has 0 rings (SSSR count). The lowest BCUT2D eigenvalue weighted by Gasteiger charge is -2.21. The van der Waals surface area contributed by atoms with E-state index >= 15 is 0 Å². The number of carbonyl (C=O) groups is 1. The first-order valence-corrected chi connectivity index (χ1v) is 11.5. The van der Waals surface area contributed by atoms with Gasteiger partial charge in [-0.25, -0.2) is 0 Å². The molecule has 0 aromatic heterocycles. The molecular formula is C23H48N2O. The maximum atomic E-state index is 11.2. The van der Waals surface area contributed by atoms with Gasteiger partial charge in [-0.1, -0.05) is 96.8 Å². The molecule has 0 saturated heterocycles. The molecule has 0 aromatic rings. The van der Waals surface area contributed by atoms with Crippen LogP contribution in [0.1, 0.15) is 110 Å². The van der Waals surface area contributed by atoms with Gasteiger partial charge in [0.1, 0.15) is 0 Å². The molecule has 3 nitrogen and oxygen atoms in total. The van der Waals surface area contributed by atoms with Crippen molar-refractivity contribution in [3.8, 4) is 0 Å². The molecule has 0 aliphatic heterocycles. The Kier molecular flexibility index (Phi) is 18.8. The van der Waals surface area contributed by atoms with Gasteiger partial charge in [0.05, 0.1) is 0 Å². The van der Waals surface area contributed by atoms with Crippen LogP contribution in [0.15, 0.2) is 0 Å². The first-order chi connectivity index (χ1) is 12.6. The van der Waals surface area contributed by atoms with Gasteiger partial charge in [0.2, 0.25) is 5.91 Å². The van der Waals surface area contributed by atoms with Gasteiger partial charge in [0.15, 0.2) is 0 Å². The average Bonchev–Trinajstić information content (AvgIpc) is 2.62. The molecule has 0 fully saturated rings. The highest BCUT2D eigenvalue weighted by Gasteiger charge is 2.04. The highest BCUT2D eigenvalue weighted by Crippen LogP contribution is 2.13. The van der Waals surface area contributed by atoms with Crippen LogP contribution >= 0.6 is 0 Å². The Morgan fingerprint density at radius 1 is 0.577 bits per heavy atom. The first kappa shape index (κ1) is 25.4. The number of rotatable bonds is 19. The third kappa shape index (κ3) is 18.2. The van der Waals surface area contributed by atoms with Gasteiger partial charge in [-0.05, 0) is 20.0 Å². The van der Waals surface area contributed by atoms with Crippen LogP contribution in [0.4, 0.5) is 0 Å². The van der Waals surface area contributed by atoms with Crippen molar-refractivity contribution in [1.29, 1.82) is 0 Å². The fourth-order valence-electron chi connectivity index (χ4n) is 3.34. The third-order valence-electron chi connectivity index (χ3n) is 5.50. The van der Waals surface area contributed by atoms with E-state index in [0.717, 1.165) is 19.6 Å². The van der Waals surface area contributed by atoms with Crippen molar-refractivity contribution >= 4 is 5.91 Å². The van der Waals surface area contributed by atoms with Crippen LogP contribution in [0.25, 0.3) is 0 Å². The highest BCUT2D eigenvalue weighted by atomic mass is 16.2. The summed E-state index contributed by atoms with van der Waals surface area (Å²) in [5.41, 5.74) is 0. The summed E-state index contributed by atoms with van der Waals surface area (Å²) in [4.78, 5) is 15.3. The van der Waals surface area contributed by atoms with Crippen LogP contribution < -0.4 is 0 Å². The summed E-state index contributed by atoms with van der Waals surface area (Å²) in [6, 6.07) is 0. The highest BCUT2D eigenvalue weighted by molar-refractivity contribution is 5.72. The van der Waals surface area contributed by atoms with Crippen LogP contribution in [-0.4, -0.2) is 49.4 Å². The molecule has 0 atom stereocenters. The van der Waals surface area contributed by atoms with Crippen LogP contribution in [0.3, 0.4) is 0 Å². The molecule has 3 heteroatoms. The first-order valence-electron chi connectivity index (χ1n) is 11.5. The quantitative estimate of drug-likeness (QED) is 0.251. The van der Waals surface area contributed by atoms with Crippen molar-refractivity contribution in [3.63, 3.8) is 0 Å². The molecule has 0 aliphatic rings. The standard InChI is InChI=1S/C23H48N2O/c1-5-6-7-8-9-10-11-12-13-14-15-16-17-18-19-20-24(3)21-22-25(4)23(2)26/h5-22H2,1-4H3. The minimum atomic E-state index is 0.158. The zero-order chi connectivity index (χ0) is 19.5. The van der Waals surface area contributed by atoms with Gasteiger partial charge < -0.3 is 9.80 Å². The van der Waals surface area contributed by atoms with E-state index in [9.17, 15) is 4.79 Å². The lowest BCUT2D eigenvalue weighted by Crippen LogP contribution is -2.33. The van der Waals surface area contributed by atoms with Gasteiger partial charge in [-0.2, -0.15) is 0 Å². The summed E-state index contributed by atoms with van der Waals surface area (Å²) < 4.78 is 0. The van der Waals surface area contributed by atoms with E-state index in [-0.39, 0.29) is 5.91 Å². The van der Waals surface area contributed by atoms with Crippen molar-refractivity contribution < 1.29 is 4.79 Å². The molecule has 0 unspecified atom stereocenters. The van der Waals surface area contributed by atoms with E-state index in [2.05, 4.69) is 18.9 Å². The molecule has 0 radical (unpaired) electrons. The molecule has 0 aromatic carbocycles. The molecular weight excluding hydrogens is 320 g/mol. The second-order valence-electron chi connectivity index (χ2n) is 8.19. The number of nitrogens with zero attached hydrogens (tertiary/aromatic N) is 2. The van der Waals surface area contributed by atoms with Crippen molar-refractivity contribution in [3.05, 3.63) is 0 Å². The fraction of sp³-hybridized carbons (Fsp3) is 0.957. The molecule has 1 amide bonds. The zero-order valence-corrected chi connectivity index (χ0v) is 18.5. The Hall–Kier alpha value is -0.570. The Morgan fingerprint density at radius 3 is 1.35 bits per heavy atom. The number of likely N-dealkylation sites (N-methyl/N-ethyl adjacent to an activating group) is 2. The molecule has 0 saturated carbocycles. The minimum absolute atomic E-state index is 0.158. The summed E-state index contributed by atoms with van der Waals surface area (Å²) in [6.45, 7) is 6.90. The second kappa shape index (κ2) is 19.2. The second-order valence-corrected chi connectivity index (χ2v) is 8.19. The molecule has 0 N–H and O–H groups in total. The Labute approximate surface area is 164 Å². The lowest BCUT2D eigenvalue weighted by atomic mass is 10.0. The number of amides is 1. The summed E-state index contributed by atoms with van der Waals surface area (Å²) in [5.74, 6) is 0.158. The van der Waals surface area contributed by atoms with E-state index in [0.29, 0.717) is 0 Å². The maximum Gasteiger partial charge on any atom is 0.219 e. The van der Waals surface area contributed by atoms with Crippen molar-refractivity contribution in [2.75, 3.05) is 33.7 Å². The molecule has 26 heavy (non-hydrogen) atoms. The van der Waals surface area contributed by atoms with Crippen LogP contribution in [0.2, 0.25) is 0 Å². The summed E-state index contributed by atoms with van der Waals surface area (Å²) in [7, 11) is 4.04. The van der Waals surface area contributed by atoms with Gasteiger partial charge in [-0.3, -0.25) is 4.79 Å². The number of carbonyl (C=O) groups excluding carboxylic acids is 1. The van der Waals surface area contributed by atoms with Gasteiger partial charge in [-0.15, -0.1) is 0 Å². The van der Waals surface area contributed by atoms with Gasteiger partial charge in [0.25, 0.3) is 0 Å². The van der Waals surface area contributed by atoms with Gasteiger partial charge >= 0.3 is 0 Å².